The van der Waals surface area contributed by atoms with E-state index in [0.717, 1.165) is 17.7 Å². The van der Waals surface area contributed by atoms with E-state index in [-0.39, 0.29) is 11.3 Å². The maximum absolute atomic E-state index is 12.1. The molecular weight excluding hydrogens is 332 g/mol. The van der Waals surface area contributed by atoms with E-state index < -0.39 is 0 Å². The number of aromatic amines is 1. The van der Waals surface area contributed by atoms with E-state index in [4.69, 9.17) is 0 Å². The number of hydrogen-bond acceptors (Lipinski definition) is 4. The fraction of sp³-hybridized carbons (Fsp3) is 0.250. The Kier molecular flexibility index (Phi) is 5.66. The van der Waals surface area contributed by atoms with Crippen LogP contribution in [0.4, 0.5) is 0 Å². The maximum atomic E-state index is 12.1. The number of benzene rings is 2. The van der Waals surface area contributed by atoms with Gasteiger partial charge in [-0.25, -0.2) is 4.98 Å². The number of ketones is 1. The highest BCUT2D eigenvalue weighted by molar-refractivity contribution is 7.99. The van der Waals surface area contributed by atoms with Gasteiger partial charge < -0.3 is 4.98 Å². The third-order valence-electron chi connectivity index (χ3n) is 3.95. The smallest absolute Gasteiger partial charge is 0.259 e. The predicted molar refractivity (Wildman–Crippen MR) is 102 cm³/mol. The number of H-pyrrole nitrogens is 1. The standard InChI is InChI=1S/C20H20N2O2S/c1-14-8-10-15(11-9-14)13-16(23)5-4-12-25-20-21-18-7-3-2-6-17(18)19(24)22-20/h2-3,6-11H,4-5,12-13H2,1H3,(H,21,22,24). The number of Topliss-reactive ketones (excluding diaryl/α,β-unsaturated/α-hetero) is 1. The molecule has 0 aliphatic rings. The largest absolute Gasteiger partial charge is 0.301 e. The van der Waals surface area contributed by atoms with E-state index in [1.807, 2.05) is 49.4 Å². The second-order valence-corrected chi connectivity index (χ2v) is 7.12. The molecule has 5 heteroatoms. The molecule has 0 saturated carbocycles. The van der Waals surface area contributed by atoms with Gasteiger partial charge in [-0.3, -0.25) is 9.59 Å². The van der Waals surface area contributed by atoms with Gasteiger partial charge in [-0.05, 0) is 31.0 Å². The molecule has 2 aromatic carbocycles. The number of fused-ring (bicyclic) bond motifs is 1. The molecule has 3 aromatic rings. The molecule has 0 radical (unpaired) electrons. The Morgan fingerprint density at radius 3 is 2.68 bits per heavy atom. The Morgan fingerprint density at radius 1 is 1.12 bits per heavy atom. The van der Waals surface area contributed by atoms with Crippen molar-refractivity contribution in [3.05, 3.63) is 70.0 Å². The van der Waals surface area contributed by atoms with Gasteiger partial charge in [0.25, 0.3) is 5.56 Å². The third kappa shape index (κ3) is 4.79. The molecule has 0 amide bonds. The summed E-state index contributed by atoms with van der Waals surface area (Å²) in [6.45, 7) is 2.04. The van der Waals surface area contributed by atoms with Gasteiger partial charge in [0, 0.05) is 18.6 Å². The van der Waals surface area contributed by atoms with Crippen LogP contribution in [-0.4, -0.2) is 21.5 Å². The molecule has 0 aliphatic heterocycles. The van der Waals surface area contributed by atoms with Crippen molar-refractivity contribution in [3.8, 4) is 0 Å². The summed E-state index contributed by atoms with van der Waals surface area (Å²) in [6, 6.07) is 15.4. The minimum Gasteiger partial charge on any atom is -0.301 e. The first kappa shape index (κ1) is 17.4. The number of aryl methyl sites for hydroxylation is 1. The molecule has 0 aliphatic carbocycles. The van der Waals surface area contributed by atoms with Gasteiger partial charge in [-0.1, -0.05) is 53.7 Å². The average molecular weight is 352 g/mol. The maximum Gasteiger partial charge on any atom is 0.259 e. The van der Waals surface area contributed by atoms with Gasteiger partial charge in [0.2, 0.25) is 0 Å². The van der Waals surface area contributed by atoms with E-state index in [0.29, 0.717) is 28.9 Å². The third-order valence-corrected chi connectivity index (χ3v) is 4.91. The fourth-order valence-electron chi connectivity index (χ4n) is 2.59. The van der Waals surface area contributed by atoms with Gasteiger partial charge in [0.05, 0.1) is 10.9 Å². The van der Waals surface area contributed by atoms with Crippen molar-refractivity contribution in [2.75, 3.05) is 5.75 Å². The zero-order chi connectivity index (χ0) is 17.6. The molecule has 1 N–H and O–H groups in total. The van der Waals surface area contributed by atoms with Crippen LogP contribution in [0.2, 0.25) is 0 Å². The van der Waals surface area contributed by atoms with Crippen LogP contribution in [0, 0.1) is 6.92 Å². The van der Waals surface area contributed by atoms with E-state index >= 15 is 0 Å². The van der Waals surface area contributed by atoms with Crippen molar-refractivity contribution in [1.29, 1.82) is 0 Å². The molecule has 0 unspecified atom stereocenters. The van der Waals surface area contributed by atoms with E-state index in [1.54, 1.807) is 6.07 Å². The predicted octanol–water partition coefficient (Wildman–Crippen LogP) is 3.92. The summed E-state index contributed by atoms with van der Waals surface area (Å²) in [6.07, 6.45) is 1.79. The summed E-state index contributed by atoms with van der Waals surface area (Å²) in [5.74, 6) is 0.991. The summed E-state index contributed by atoms with van der Waals surface area (Å²) in [5.41, 5.74) is 2.83. The van der Waals surface area contributed by atoms with Crippen LogP contribution in [0.25, 0.3) is 10.9 Å². The lowest BCUT2D eigenvalue weighted by Crippen LogP contribution is -2.09. The quantitative estimate of drug-likeness (QED) is 0.398. The SMILES string of the molecule is Cc1ccc(CC(=O)CCCSc2nc3ccccc3c(=O)[nH]2)cc1. The first-order valence-corrected chi connectivity index (χ1v) is 9.29. The number of carbonyl (C=O) groups is 1. The number of rotatable bonds is 7. The highest BCUT2D eigenvalue weighted by Crippen LogP contribution is 2.16. The number of hydrogen-bond donors (Lipinski definition) is 1. The minimum atomic E-state index is -0.122. The Balaban J connectivity index is 1.49. The average Bonchev–Trinajstić information content (AvgIpc) is 2.61. The van der Waals surface area contributed by atoms with Gasteiger partial charge in [-0.2, -0.15) is 0 Å². The van der Waals surface area contributed by atoms with Crippen molar-refractivity contribution >= 4 is 28.4 Å². The lowest BCUT2D eigenvalue weighted by atomic mass is 10.0. The highest BCUT2D eigenvalue weighted by Gasteiger charge is 2.06. The minimum absolute atomic E-state index is 0.122. The number of carbonyl (C=O) groups excluding carboxylic acids is 1. The Hall–Kier alpha value is -2.40. The summed E-state index contributed by atoms with van der Waals surface area (Å²) >= 11 is 1.48. The second kappa shape index (κ2) is 8.12. The molecule has 3 rings (SSSR count). The van der Waals surface area contributed by atoms with Crippen molar-refractivity contribution in [2.45, 2.75) is 31.3 Å². The van der Waals surface area contributed by atoms with Crippen LogP contribution < -0.4 is 5.56 Å². The normalized spacial score (nSPS) is 10.9. The molecular formula is C20H20N2O2S. The van der Waals surface area contributed by atoms with Gasteiger partial charge in [0.1, 0.15) is 5.78 Å². The topological polar surface area (TPSA) is 62.8 Å². The molecule has 1 heterocycles. The monoisotopic (exact) mass is 352 g/mol. The number of nitrogens with one attached hydrogen (secondary N) is 1. The van der Waals surface area contributed by atoms with Crippen LogP contribution in [0.15, 0.2) is 58.5 Å². The summed E-state index contributed by atoms with van der Waals surface area (Å²) in [7, 11) is 0. The molecule has 0 saturated heterocycles. The zero-order valence-electron chi connectivity index (χ0n) is 14.1. The Bertz CT molecular complexity index is 932. The second-order valence-electron chi connectivity index (χ2n) is 6.04. The number of thioether (sulfide) groups is 1. The summed E-state index contributed by atoms with van der Waals surface area (Å²) < 4.78 is 0. The molecule has 0 atom stereocenters. The lowest BCUT2D eigenvalue weighted by Gasteiger charge is -2.04. The molecule has 1 aromatic heterocycles. The fourth-order valence-corrected chi connectivity index (χ4v) is 3.40. The first-order chi connectivity index (χ1) is 12.1. The zero-order valence-corrected chi connectivity index (χ0v) is 14.9. The van der Waals surface area contributed by atoms with Crippen LogP contribution in [0.5, 0.6) is 0 Å². The Morgan fingerprint density at radius 2 is 1.88 bits per heavy atom. The van der Waals surface area contributed by atoms with Gasteiger partial charge >= 0.3 is 0 Å². The molecule has 128 valence electrons. The first-order valence-electron chi connectivity index (χ1n) is 8.31. The van der Waals surface area contributed by atoms with Gasteiger partial charge in [0.15, 0.2) is 5.16 Å². The number of para-hydroxylation sites is 1. The molecule has 0 spiro atoms. The summed E-state index contributed by atoms with van der Waals surface area (Å²) in [5, 5.41) is 1.20. The van der Waals surface area contributed by atoms with Crippen molar-refractivity contribution in [3.63, 3.8) is 0 Å². The van der Waals surface area contributed by atoms with Crippen molar-refractivity contribution in [2.24, 2.45) is 0 Å². The van der Waals surface area contributed by atoms with Crippen molar-refractivity contribution < 1.29 is 4.79 Å². The molecule has 0 fully saturated rings. The molecule has 0 bridgehead atoms. The highest BCUT2D eigenvalue weighted by atomic mass is 32.2. The lowest BCUT2D eigenvalue weighted by molar-refractivity contribution is -0.118. The van der Waals surface area contributed by atoms with Crippen LogP contribution in [-0.2, 0) is 11.2 Å². The molecule has 4 nitrogen and oxygen atoms in total. The molecule has 25 heavy (non-hydrogen) atoms. The van der Waals surface area contributed by atoms with Gasteiger partial charge in [-0.15, -0.1) is 0 Å². The van der Waals surface area contributed by atoms with E-state index in [2.05, 4.69) is 9.97 Å². The van der Waals surface area contributed by atoms with E-state index in [1.165, 1.54) is 17.3 Å². The van der Waals surface area contributed by atoms with Crippen LogP contribution >= 0.6 is 11.8 Å². The van der Waals surface area contributed by atoms with E-state index in [9.17, 15) is 9.59 Å². The Labute approximate surface area is 150 Å². The van der Waals surface area contributed by atoms with Crippen LogP contribution in [0.3, 0.4) is 0 Å². The van der Waals surface area contributed by atoms with Crippen LogP contribution in [0.1, 0.15) is 24.0 Å². The van der Waals surface area contributed by atoms with Crippen molar-refractivity contribution in [1.82, 2.24) is 9.97 Å². The summed E-state index contributed by atoms with van der Waals surface area (Å²) in [4.78, 5) is 31.3. The number of nitrogens with zero attached hydrogens (tertiary/aromatic N) is 1. The number of aromatic nitrogens is 2.